The van der Waals surface area contributed by atoms with Crippen molar-refractivity contribution in [3.05, 3.63) is 19.0 Å². The van der Waals surface area contributed by atoms with Gasteiger partial charge in [0.05, 0.1) is 0 Å². The zero-order chi connectivity index (χ0) is 14.9. The summed E-state index contributed by atoms with van der Waals surface area (Å²) < 4.78 is 0. The van der Waals surface area contributed by atoms with E-state index in [2.05, 4.69) is 21.9 Å². The highest BCUT2D eigenvalue weighted by atomic mass is 16.1. The Morgan fingerprint density at radius 2 is 1.20 bits per heavy atom. The zero-order valence-electron chi connectivity index (χ0n) is 12.6. The molecule has 0 aromatic carbocycles. The summed E-state index contributed by atoms with van der Waals surface area (Å²) in [6, 6.07) is 0. The number of rotatable bonds is 10. The highest BCUT2D eigenvalue weighted by molar-refractivity contribution is 5.73. The van der Waals surface area contributed by atoms with Crippen LogP contribution in [-0.2, 0) is 4.79 Å². The Labute approximate surface area is 122 Å². The molecular formula is C15H28N4O. The van der Waals surface area contributed by atoms with Crippen molar-refractivity contribution in [3.8, 4) is 0 Å². The Hall–Kier alpha value is -1.52. The van der Waals surface area contributed by atoms with E-state index in [0.29, 0.717) is 6.42 Å². The first-order valence-corrected chi connectivity index (χ1v) is 7.60. The molecule has 1 rings (SSSR count). The molecule has 5 heteroatoms. The van der Waals surface area contributed by atoms with Gasteiger partial charge in [-0.3, -0.25) is 4.79 Å². The molecule has 0 unspecified atom stereocenters. The van der Waals surface area contributed by atoms with Gasteiger partial charge in [-0.2, -0.15) is 0 Å². The number of nitrogens with zero attached hydrogens (tertiary/aromatic N) is 3. The Balaban J connectivity index is 0.000000493. The lowest BCUT2D eigenvalue weighted by molar-refractivity contribution is -0.118. The van der Waals surface area contributed by atoms with Crippen molar-refractivity contribution in [2.45, 2.75) is 71.1 Å². The van der Waals surface area contributed by atoms with Gasteiger partial charge in [-0.15, -0.1) is 0 Å². The fourth-order valence-corrected chi connectivity index (χ4v) is 1.81. The molecule has 0 radical (unpaired) electrons. The second-order valence-electron chi connectivity index (χ2n) is 4.84. The van der Waals surface area contributed by atoms with Crippen LogP contribution in [0.3, 0.4) is 0 Å². The maximum Gasteiger partial charge on any atom is 0.217 e. The number of amides is 1. The minimum Gasteiger partial charge on any atom is -0.370 e. The predicted octanol–water partition coefficient (Wildman–Crippen LogP) is 3.26. The maximum absolute atomic E-state index is 10.4. The van der Waals surface area contributed by atoms with Crippen molar-refractivity contribution < 1.29 is 4.79 Å². The van der Waals surface area contributed by atoms with Gasteiger partial charge in [0, 0.05) is 6.42 Å². The molecule has 0 fully saturated rings. The van der Waals surface area contributed by atoms with Gasteiger partial charge in [0.1, 0.15) is 19.0 Å². The summed E-state index contributed by atoms with van der Waals surface area (Å²) >= 11 is 0. The third kappa shape index (κ3) is 16.5. The Morgan fingerprint density at radius 1 is 0.800 bits per heavy atom. The van der Waals surface area contributed by atoms with Crippen LogP contribution in [0.15, 0.2) is 19.0 Å². The van der Waals surface area contributed by atoms with E-state index in [9.17, 15) is 4.79 Å². The van der Waals surface area contributed by atoms with Crippen molar-refractivity contribution >= 4 is 5.91 Å². The van der Waals surface area contributed by atoms with Gasteiger partial charge < -0.3 is 5.73 Å². The van der Waals surface area contributed by atoms with Crippen LogP contribution in [0.1, 0.15) is 71.1 Å². The summed E-state index contributed by atoms with van der Waals surface area (Å²) in [6.45, 7) is 2.24. The molecule has 0 spiro atoms. The minimum absolute atomic E-state index is 0.159. The minimum atomic E-state index is -0.159. The van der Waals surface area contributed by atoms with Crippen LogP contribution in [0.2, 0.25) is 0 Å². The average molecular weight is 280 g/mol. The number of carbonyl (C=O) groups excluding carboxylic acids is 1. The first-order valence-electron chi connectivity index (χ1n) is 7.60. The summed E-state index contributed by atoms with van der Waals surface area (Å²) in [5, 5.41) is 0. The van der Waals surface area contributed by atoms with E-state index in [0.717, 1.165) is 12.8 Å². The summed E-state index contributed by atoms with van der Waals surface area (Å²) in [7, 11) is 0. The molecule has 114 valence electrons. The van der Waals surface area contributed by atoms with Crippen LogP contribution in [0.4, 0.5) is 0 Å². The smallest absolute Gasteiger partial charge is 0.217 e. The van der Waals surface area contributed by atoms with E-state index in [-0.39, 0.29) is 5.91 Å². The summed E-state index contributed by atoms with van der Waals surface area (Å²) in [6.07, 6.45) is 16.4. The van der Waals surface area contributed by atoms with Crippen LogP contribution in [0, 0.1) is 0 Å². The van der Waals surface area contributed by atoms with Crippen molar-refractivity contribution in [3.63, 3.8) is 0 Å². The van der Waals surface area contributed by atoms with Gasteiger partial charge in [-0.1, -0.05) is 58.3 Å². The monoisotopic (exact) mass is 280 g/mol. The van der Waals surface area contributed by atoms with Gasteiger partial charge in [0.15, 0.2) is 0 Å². The number of carbonyl (C=O) groups is 1. The summed E-state index contributed by atoms with van der Waals surface area (Å²) in [5.41, 5.74) is 5.05. The van der Waals surface area contributed by atoms with E-state index >= 15 is 0 Å². The average Bonchev–Trinajstić information content (AvgIpc) is 2.48. The van der Waals surface area contributed by atoms with Crippen LogP contribution in [-0.4, -0.2) is 20.9 Å². The predicted molar refractivity (Wildman–Crippen MR) is 80.9 cm³/mol. The third-order valence-corrected chi connectivity index (χ3v) is 2.93. The lowest BCUT2D eigenvalue weighted by Gasteiger charge is -2.00. The normalized spacial score (nSPS) is 9.65. The third-order valence-electron chi connectivity index (χ3n) is 2.93. The Bertz CT molecular complexity index is 279. The first kappa shape index (κ1) is 18.5. The lowest BCUT2D eigenvalue weighted by Crippen LogP contribution is -2.09. The summed E-state index contributed by atoms with van der Waals surface area (Å²) in [4.78, 5) is 21.1. The molecule has 0 saturated carbocycles. The van der Waals surface area contributed by atoms with E-state index in [4.69, 9.17) is 5.73 Å². The van der Waals surface area contributed by atoms with Crippen LogP contribution >= 0.6 is 0 Å². The van der Waals surface area contributed by atoms with Crippen molar-refractivity contribution in [2.75, 3.05) is 0 Å². The second kappa shape index (κ2) is 15.5. The van der Waals surface area contributed by atoms with Gasteiger partial charge in [0.2, 0.25) is 5.91 Å². The molecule has 2 N–H and O–H groups in total. The van der Waals surface area contributed by atoms with E-state index in [1.807, 2.05) is 0 Å². The zero-order valence-corrected chi connectivity index (χ0v) is 12.6. The van der Waals surface area contributed by atoms with Gasteiger partial charge in [-0.25, -0.2) is 15.0 Å². The highest BCUT2D eigenvalue weighted by Gasteiger charge is 1.94. The molecular weight excluding hydrogens is 252 g/mol. The number of hydrogen-bond acceptors (Lipinski definition) is 4. The molecule has 0 atom stereocenters. The molecule has 20 heavy (non-hydrogen) atoms. The molecule has 5 nitrogen and oxygen atoms in total. The number of aromatic nitrogens is 3. The van der Waals surface area contributed by atoms with Crippen LogP contribution in [0.5, 0.6) is 0 Å². The SMILES string of the molecule is CCCCCCCCCCCC(N)=O.c1ncncn1. The molecule has 0 saturated heterocycles. The molecule has 0 aliphatic rings. The highest BCUT2D eigenvalue weighted by Crippen LogP contribution is 2.10. The standard InChI is InChI=1S/C12H25NO.C3H3N3/c1-2-3-4-5-6-7-8-9-10-11-12(13)14;1-4-2-6-3-5-1/h2-11H2,1H3,(H2,13,14);1-3H. The summed E-state index contributed by atoms with van der Waals surface area (Å²) in [5.74, 6) is -0.159. The second-order valence-corrected chi connectivity index (χ2v) is 4.84. The molecule has 0 aliphatic heterocycles. The number of nitrogens with two attached hydrogens (primary N) is 1. The van der Waals surface area contributed by atoms with Crippen molar-refractivity contribution in [1.82, 2.24) is 15.0 Å². The molecule has 0 bridgehead atoms. The van der Waals surface area contributed by atoms with Crippen LogP contribution in [0.25, 0.3) is 0 Å². The Morgan fingerprint density at radius 3 is 1.55 bits per heavy atom. The molecule has 1 aromatic rings. The van der Waals surface area contributed by atoms with E-state index in [1.165, 1.54) is 63.9 Å². The Kier molecular flexibility index (Phi) is 14.4. The number of primary amides is 1. The molecule has 1 aromatic heterocycles. The quantitative estimate of drug-likeness (QED) is 0.667. The van der Waals surface area contributed by atoms with E-state index < -0.39 is 0 Å². The topological polar surface area (TPSA) is 81.8 Å². The largest absolute Gasteiger partial charge is 0.370 e. The van der Waals surface area contributed by atoms with Gasteiger partial charge >= 0.3 is 0 Å². The first-order chi connectivity index (χ1) is 9.77. The van der Waals surface area contributed by atoms with E-state index in [1.54, 1.807) is 0 Å². The molecule has 1 amide bonds. The van der Waals surface area contributed by atoms with Crippen molar-refractivity contribution in [2.24, 2.45) is 5.73 Å². The van der Waals surface area contributed by atoms with Gasteiger partial charge in [0.25, 0.3) is 0 Å². The fourth-order valence-electron chi connectivity index (χ4n) is 1.81. The number of hydrogen-bond donors (Lipinski definition) is 1. The van der Waals surface area contributed by atoms with Gasteiger partial charge in [-0.05, 0) is 6.42 Å². The molecule has 1 heterocycles. The molecule has 0 aliphatic carbocycles. The maximum atomic E-state index is 10.4. The van der Waals surface area contributed by atoms with Crippen LogP contribution < -0.4 is 5.73 Å². The fraction of sp³-hybridized carbons (Fsp3) is 0.733. The van der Waals surface area contributed by atoms with Crippen molar-refractivity contribution in [1.29, 1.82) is 0 Å². The number of unbranched alkanes of at least 4 members (excludes halogenated alkanes) is 8. The lowest BCUT2D eigenvalue weighted by atomic mass is 10.1.